The fourth-order valence-corrected chi connectivity index (χ4v) is 2.41. The van der Waals surface area contributed by atoms with Crippen LogP contribution in [0.5, 0.6) is 0 Å². The van der Waals surface area contributed by atoms with E-state index in [1.165, 1.54) is 38.6 Å². The lowest BCUT2D eigenvalue weighted by atomic mass is 10.1. The number of hydrogen-bond donors (Lipinski definition) is 0. The highest BCUT2D eigenvalue weighted by molar-refractivity contribution is 4.72. The second kappa shape index (κ2) is 7.24. The van der Waals surface area contributed by atoms with E-state index in [0.717, 1.165) is 13.1 Å². The van der Waals surface area contributed by atoms with E-state index >= 15 is 0 Å². The van der Waals surface area contributed by atoms with Crippen molar-refractivity contribution >= 4 is 0 Å². The molecule has 2 heteroatoms. The lowest BCUT2D eigenvalue weighted by Crippen LogP contribution is -2.45. The number of ether oxygens (including phenoxy) is 1. The van der Waals surface area contributed by atoms with E-state index < -0.39 is 0 Å². The van der Waals surface area contributed by atoms with Gasteiger partial charge >= 0.3 is 0 Å². The van der Waals surface area contributed by atoms with Gasteiger partial charge in [0.25, 0.3) is 0 Å². The Morgan fingerprint density at radius 1 is 1.00 bits per heavy atom. The van der Waals surface area contributed by atoms with E-state index in [1.807, 2.05) is 0 Å². The number of nitrogens with zero attached hydrogens (tertiary/aromatic N) is 1. The molecule has 15 heavy (non-hydrogen) atoms. The molecule has 0 N–H and O–H groups in total. The lowest BCUT2D eigenvalue weighted by molar-refractivity contribution is -0.0681. The molecule has 0 aromatic heterocycles. The van der Waals surface area contributed by atoms with Gasteiger partial charge < -0.3 is 4.74 Å². The van der Waals surface area contributed by atoms with Gasteiger partial charge in [0.1, 0.15) is 0 Å². The highest BCUT2D eigenvalue weighted by Gasteiger charge is 2.21. The van der Waals surface area contributed by atoms with Crippen LogP contribution in [0.4, 0.5) is 0 Å². The van der Waals surface area contributed by atoms with E-state index in [-0.39, 0.29) is 0 Å². The predicted octanol–water partition coefficient (Wildman–Crippen LogP) is 3.07. The Kier molecular flexibility index (Phi) is 6.26. The average Bonchev–Trinajstić information content (AvgIpc) is 2.16. The van der Waals surface area contributed by atoms with Crippen LogP contribution in [0.2, 0.25) is 0 Å². The van der Waals surface area contributed by atoms with Gasteiger partial charge in [0.2, 0.25) is 0 Å². The van der Waals surface area contributed by atoms with Crippen molar-refractivity contribution < 1.29 is 4.74 Å². The number of hydrogen-bond acceptors (Lipinski definition) is 2. The van der Waals surface area contributed by atoms with Gasteiger partial charge in [-0.15, -0.1) is 0 Å². The van der Waals surface area contributed by atoms with Crippen molar-refractivity contribution in [1.29, 1.82) is 0 Å². The van der Waals surface area contributed by atoms with Gasteiger partial charge in [-0.3, -0.25) is 4.90 Å². The summed E-state index contributed by atoms with van der Waals surface area (Å²) in [5, 5.41) is 0. The Morgan fingerprint density at radius 3 is 2.20 bits per heavy atom. The topological polar surface area (TPSA) is 12.5 Å². The molecule has 1 heterocycles. The highest BCUT2D eigenvalue weighted by Crippen LogP contribution is 2.12. The highest BCUT2D eigenvalue weighted by atomic mass is 16.5. The molecule has 1 saturated heterocycles. The van der Waals surface area contributed by atoms with Crippen molar-refractivity contribution in [3.8, 4) is 0 Å². The lowest BCUT2D eigenvalue weighted by Gasteiger charge is -2.35. The van der Waals surface area contributed by atoms with Crippen molar-refractivity contribution in [2.45, 2.75) is 65.1 Å². The van der Waals surface area contributed by atoms with Crippen LogP contribution in [0.3, 0.4) is 0 Å². The van der Waals surface area contributed by atoms with E-state index in [9.17, 15) is 0 Å². The molecule has 90 valence electrons. The van der Waals surface area contributed by atoms with Crippen LogP contribution in [0.1, 0.15) is 52.9 Å². The Hall–Kier alpha value is -0.0800. The van der Waals surface area contributed by atoms with Gasteiger partial charge in [0.15, 0.2) is 0 Å². The number of rotatable bonds is 6. The average molecular weight is 213 g/mol. The van der Waals surface area contributed by atoms with Gasteiger partial charge in [0, 0.05) is 13.1 Å². The van der Waals surface area contributed by atoms with Crippen molar-refractivity contribution in [2.24, 2.45) is 0 Å². The monoisotopic (exact) mass is 213 g/mol. The first-order valence-electron chi connectivity index (χ1n) is 6.60. The molecule has 1 rings (SSSR count). The van der Waals surface area contributed by atoms with E-state index in [1.54, 1.807) is 0 Å². The Labute approximate surface area is 95.0 Å². The summed E-state index contributed by atoms with van der Waals surface area (Å²) in [6.07, 6.45) is 7.75. The van der Waals surface area contributed by atoms with Crippen LogP contribution in [-0.2, 0) is 4.74 Å². The molecule has 0 saturated carbocycles. The Balaban J connectivity index is 2.04. The molecule has 0 unspecified atom stereocenters. The van der Waals surface area contributed by atoms with Crippen molar-refractivity contribution in [1.82, 2.24) is 4.90 Å². The summed E-state index contributed by atoms with van der Waals surface area (Å²) in [6.45, 7) is 10.1. The molecule has 0 aromatic carbocycles. The molecule has 0 spiro atoms. The minimum absolute atomic E-state index is 0.421. The predicted molar refractivity (Wildman–Crippen MR) is 65.2 cm³/mol. The molecule has 1 aliphatic rings. The zero-order valence-corrected chi connectivity index (χ0v) is 10.7. The summed E-state index contributed by atoms with van der Waals surface area (Å²) >= 11 is 0. The normalized spacial score (nSPS) is 28.2. The third-order valence-electron chi connectivity index (χ3n) is 3.07. The molecule has 0 aliphatic carbocycles. The summed E-state index contributed by atoms with van der Waals surface area (Å²) in [5.41, 5.74) is 0. The van der Waals surface area contributed by atoms with Gasteiger partial charge in [0.05, 0.1) is 12.2 Å². The van der Waals surface area contributed by atoms with Crippen LogP contribution < -0.4 is 0 Å². The van der Waals surface area contributed by atoms with Gasteiger partial charge in [-0.1, -0.05) is 32.6 Å². The van der Waals surface area contributed by atoms with Gasteiger partial charge in [-0.2, -0.15) is 0 Å². The molecule has 2 atom stereocenters. The van der Waals surface area contributed by atoms with E-state index in [2.05, 4.69) is 25.7 Å². The number of unbranched alkanes of at least 4 members (excludes halogenated alkanes) is 4. The maximum Gasteiger partial charge on any atom is 0.0678 e. The zero-order valence-electron chi connectivity index (χ0n) is 10.7. The molecule has 1 fully saturated rings. The number of morpholine rings is 1. The van der Waals surface area contributed by atoms with Gasteiger partial charge in [-0.25, -0.2) is 0 Å². The summed E-state index contributed by atoms with van der Waals surface area (Å²) < 4.78 is 5.72. The maximum absolute atomic E-state index is 5.72. The fraction of sp³-hybridized carbons (Fsp3) is 1.00. The van der Waals surface area contributed by atoms with Crippen LogP contribution in [0.25, 0.3) is 0 Å². The quantitative estimate of drug-likeness (QED) is 0.629. The van der Waals surface area contributed by atoms with E-state index in [4.69, 9.17) is 4.74 Å². The smallest absolute Gasteiger partial charge is 0.0678 e. The molecule has 2 nitrogen and oxygen atoms in total. The van der Waals surface area contributed by atoms with Crippen molar-refractivity contribution in [3.05, 3.63) is 0 Å². The molecule has 0 aromatic rings. The first kappa shape index (κ1) is 13.0. The van der Waals surface area contributed by atoms with Crippen LogP contribution in [0.15, 0.2) is 0 Å². The van der Waals surface area contributed by atoms with E-state index in [0.29, 0.717) is 12.2 Å². The van der Waals surface area contributed by atoms with Crippen LogP contribution >= 0.6 is 0 Å². The third kappa shape index (κ3) is 5.53. The maximum atomic E-state index is 5.72. The molecule has 0 radical (unpaired) electrons. The van der Waals surface area contributed by atoms with Gasteiger partial charge in [-0.05, 0) is 26.8 Å². The second-order valence-electron chi connectivity index (χ2n) is 4.93. The van der Waals surface area contributed by atoms with Crippen LogP contribution in [0, 0.1) is 0 Å². The minimum Gasteiger partial charge on any atom is -0.373 e. The Morgan fingerprint density at radius 2 is 1.60 bits per heavy atom. The third-order valence-corrected chi connectivity index (χ3v) is 3.07. The fourth-order valence-electron chi connectivity index (χ4n) is 2.41. The van der Waals surface area contributed by atoms with Crippen molar-refractivity contribution in [3.63, 3.8) is 0 Å². The summed E-state index contributed by atoms with van der Waals surface area (Å²) in [5.74, 6) is 0. The first-order chi connectivity index (χ1) is 7.22. The summed E-state index contributed by atoms with van der Waals surface area (Å²) in [7, 11) is 0. The zero-order chi connectivity index (χ0) is 11.1. The first-order valence-corrected chi connectivity index (χ1v) is 6.60. The SMILES string of the molecule is CCCCCCCN1C[C@@H](C)O[C@H](C)C1. The minimum atomic E-state index is 0.421. The standard InChI is InChI=1S/C13H27NO/c1-4-5-6-7-8-9-14-10-12(2)15-13(3)11-14/h12-13H,4-11H2,1-3H3/t12-,13-/m1/s1. The van der Waals surface area contributed by atoms with Crippen LogP contribution in [-0.4, -0.2) is 36.7 Å². The summed E-state index contributed by atoms with van der Waals surface area (Å²) in [4.78, 5) is 2.56. The molecule has 0 amide bonds. The molecular formula is C13H27NO. The Bertz CT molecular complexity index is 151. The summed E-state index contributed by atoms with van der Waals surface area (Å²) in [6, 6.07) is 0. The molecule has 1 aliphatic heterocycles. The molecule has 0 bridgehead atoms. The second-order valence-corrected chi connectivity index (χ2v) is 4.93. The largest absolute Gasteiger partial charge is 0.373 e. The molecular weight excluding hydrogens is 186 g/mol. The van der Waals surface area contributed by atoms with Crippen molar-refractivity contribution in [2.75, 3.05) is 19.6 Å².